The first-order valence-electron chi connectivity index (χ1n) is 26.1. The fourth-order valence-corrected chi connectivity index (χ4v) is 7.97. The molecule has 0 aromatic carbocycles. The van der Waals surface area contributed by atoms with Crippen LogP contribution >= 0.6 is 0 Å². The molecule has 1 fully saturated rings. The van der Waals surface area contributed by atoms with Gasteiger partial charge in [0.25, 0.3) is 0 Å². The maximum atomic E-state index is 12.8. The lowest BCUT2D eigenvalue weighted by atomic mass is 9.99. The molecular weight excluding hydrogens is 781 g/mol. The van der Waals surface area contributed by atoms with Gasteiger partial charge in [-0.1, -0.05) is 211 Å². The van der Waals surface area contributed by atoms with Crippen LogP contribution in [0.25, 0.3) is 0 Å². The Morgan fingerprint density at radius 1 is 0.516 bits per heavy atom. The quantitative estimate of drug-likeness (QED) is 0.0268. The summed E-state index contributed by atoms with van der Waals surface area (Å²) in [5.41, 5.74) is 0. The molecule has 9 nitrogen and oxygen atoms in total. The van der Waals surface area contributed by atoms with Gasteiger partial charge in [0.1, 0.15) is 30.5 Å². The number of unbranched alkanes of at least 4 members (excludes halogenated alkanes) is 28. The van der Waals surface area contributed by atoms with Gasteiger partial charge in [0.05, 0.1) is 19.8 Å². The standard InChI is InChI=1S/C53H98O9/c1-3-5-7-9-11-13-15-17-19-21-23-24-25-26-28-30-32-34-36-38-40-42-49(55)61-47(46-60-53-52(58)51(57)50(56)48(44-54)62-53)45-59-43-41-39-37-35-33-31-29-27-22-20-18-16-14-12-10-8-6-4-2/h15,17,21,23,25-26,47-48,50-54,56-58H,3-14,16,18-20,22,24,27-46H2,1-2H3/b17-15-,23-21-,26-25-. The third-order valence-corrected chi connectivity index (χ3v) is 12.1. The summed E-state index contributed by atoms with van der Waals surface area (Å²) in [6, 6.07) is 0. The molecule has 0 aromatic rings. The van der Waals surface area contributed by atoms with E-state index >= 15 is 0 Å². The molecule has 0 bridgehead atoms. The van der Waals surface area contributed by atoms with E-state index in [-0.39, 0.29) is 19.2 Å². The number of hydrogen-bond acceptors (Lipinski definition) is 9. The monoisotopic (exact) mass is 879 g/mol. The Bertz CT molecular complexity index is 1050. The molecule has 1 heterocycles. The Hall–Kier alpha value is -1.59. The first-order chi connectivity index (χ1) is 30.4. The Kier molecular flexibility index (Phi) is 42.0. The van der Waals surface area contributed by atoms with E-state index in [4.69, 9.17) is 18.9 Å². The highest BCUT2D eigenvalue weighted by atomic mass is 16.7. The molecule has 6 atom stereocenters. The molecule has 9 heteroatoms. The first-order valence-corrected chi connectivity index (χ1v) is 26.1. The van der Waals surface area contributed by atoms with Crippen molar-refractivity contribution in [2.45, 2.75) is 269 Å². The average Bonchev–Trinajstić information content (AvgIpc) is 3.27. The van der Waals surface area contributed by atoms with Crippen LogP contribution in [0.4, 0.5) is 0 Å². The van der Waals surface area contributed by atoms with Crippen LogP contribution in [0.1, 0.15) is 232 Å². The molecular formula is C53H98O9. The van der Waals surface area contributed by atoms with Gasteiger partial charge < -0.3 is 39.4 Å². The summed E-state index contributed by atoms with van der Waals surface area (Å²) >= 11 is 0. The largest absolute Gasteiger partial charge is 0.457 e. The second kappa shape index (κ2) is 44.6. The molecule has 1 aliphatic rings. The molecule has 0 spiro atoms. The number of rotatable bonds is 45. The zero-order chi connectivity index (χ0) is 45.0. The van der Waals surface area contributed by atoms with E-state index in [1.54, 1.807) is 0 Å². The molecule has 0 saturated carbocycles. The minimum absolute atomic E-state index is 0.116. The van der Waals surface area contributed by atoms with Crippen LogP contribution in [-0.4, -0.2) is 89.6 Å². The molecule has 0 aliphatic carbocycles. The van der Waals surface area contributed by atoms with E-state index in [1.807, 2.05) is 0 Å². The Balaban J connectivity index is 2.21. The van der Waals surface area contributed by atoms with Crippen molar-refractivity contribution in [1.29, 1.82) is 0 Å². The molecule has 1 rings (SSSR count). The summed E-state index contributed by atoms with van der Waals surface area (Å²) in [5, 5.41) is 40.2. The highest BCUT2D eigenvalue weighted by Crippen LogP contribution is 2.23. The second-order valence-corrected chi connectivity index (χ2v) is 18.0. The third kappa shape index (κ3) is 34.8. The zero-order valence-electron chi connectivity index (χ0n) is 40.1. The van der Waals surface area contributed by atoms with Crippen molar-refractivity contribution in [3.05, 3.63) is 36.5 Å². The highest BCUT2D eigenvalue weighted by Gasteiger charge is 2.44. The predicted molar refractivity (Wildman–Crippen MR) is 256 cm³/mol. The van der Waals surface area contributed by atoms with E-state index < -0.39 is 43.4 Å². The average molecular weight is 879 g/mol. The molecule has 6 unspecified atom stereocenters. The summed E-state index contributed by atoms with van der Waals surface area (Å²) in [4.78, 5) is 12.8. The Morgan fingerprint density at radius 3 is 1.40 bits per heavy atom. The van der Waals surface area contributed by atoms with E-state index in [0.717, 1.165) is 57.8 Å². The molecule has 0 aromatic heterocycles. The fourth-order valence-electron chi connectivity index (χ4n) is 7.97. The first kappa shape index (κ1) is 58.4. The van der Waals surface area contributed by atoms with Crippen LogP contribution in [0.15, 0.2) is 36.5 Å². The van der Waals surface area contributed by atoms with Gasteiger partial charge in [-0.15, -0.1) is 0 Å². The molecule has 4 N–H and O–H groups in total. The van der Waals surface area contributed by atoms with E-state index in [1.165, 1.54) is 154 Å². The lowest BCUT2D eigenvalue weighted by Gasteiger charge is -2.39. The van der Waals surface area contributed by atoms with Crippen LogP contribution in [0.2, 0.25) is 0 Å². The van der Waals surface area contributed by atoms with Crippen LogP contribution < -0.4 is 0 Å². The summed E-state index contributed by atoms with van der Waals surface area (Å²) in [6.45, 7) is 4.57. The summed E-state index contributed by atoms with van der Waals surface area (Å²) in [5.74, 6) is -0.322. The van der Waals surface area contributed by atoms with Crippen molar-refractivity contribution in [3.8, 4) is 0 Å². The number of ether oxygens (including phenoxy) is 4. The summed E-state index contributed by atoms with van der Waals surface area (Å²) in [7, 11) is 0. The van der Waals surface area contributed by atoms with Crippen molar-refractivity contribution >= 4 is 5.97 Å². The lowest BCUT2D eigenvalue weighted by molar-refractivity contribution is -0.305. The molecule has 364 valence electrons. The van der Waals surface area contributed by atoms with Gasteiger partial charge in [0.2, 0.25) is 0 Å². The van der Waals surface area contributed by atoms with Gasteiger partial charge in [-0.3, -0.25) is 4.79 Å². The lowest BCUT2D eigenvalue weighted by Crippen LogP contribution is -2.59. The number of hydrogen-bond donors (Lipinski definition) is 4. The number of aliphatic hydroxyl groups is 4. The predicted octanol–water partition coefficient (Wildman–Crippen LogP) is 12.7. The van der Waals surface area contributed by atoms with Crippen LogP contribution in [0, 0.1) is 0 Å². The van der Waals surface area contributed by atoms with Gasteiger partial charge >= 0.3 is 5.97 Å². The van der Waals surface area contributed by atoms with Crippen LogP contribution in [0.3, 0.4) is 0 Å². The van der Waals surface area contributed by atoms with E-state index in [2.05, 4.69) is 50.3 Å². The number of carbonyl (C=O) groups is 1. The molecule has 0 amide bonds. The van der Waals surface area contributed by atoms with E-state index in [9.17, 15) is 25.2 Å². The van der Waals surface area contributed by atoms with Gasteiger partial charge in [0.15, 0.2) is 6.29 Å². The summed E-state index contributed by atoms with van der Waals surface area (Å²) in [6.07, 6.45) is 47.4. The molecule has 1 saturated heterocycles. The molecule has 0 radical (unpaired) electrons. The van der Waals surface area contributed by atoms with E-state index in [0.29, 0.717) is 13.0 Å². The third-order valence-electron chi connectivity index (χ3n) is 12.1. The van der Waals surface area contributed by atoms with Gasteiger partial charge in [-0.2, -0.15) is 0 Å². The summed E-state index contributed by atoms with van der Waals surface area (Å²) < 4.78 is 22.9. The SMILES string of the molecule is CCCCCCC/C=C\C/C=C\C/C=C\CCCCCCCCC(=O)OC(COCCCCCCCCCCCCCCCCCCCC)COC1OC(CO)C(O)C(O)C1O. The normalized spacial score (nSPS) is 20.0. The Labute approximate surface area is 380 Å². The highest BCUT2D eigenvalue weighted by molar-refractivity contribution is 5.69. The van der Waals surface area contributed by atoms with Crippen molar-refractivity contribution < 1.29 is 44.2 Å². The maximum Gasteiger partial charge on any atom is 0.306 e. The van der Waals surface area contributed by atoms with Gasteiger partial charge in [0, 0.05) is 13.0 Å². The van der Waals surface area contributed by atoms with Crippen molar-refractivity contribution in [2.24, 2.45) is 0 Å². The smallest absolute Gasteiger partial charge is 0.306 e. The molecule has 1 aliphatic heterocycles. The van der Waals surface area contributed by atoms with Crippen molar-refractivity contribution in [1.82, 2.24) is 0 Å². The second-order valence-electron chi connectivity index (χ2n) is 18.0. The number of allylic oxidation sites excluding steroid dienone is 6. The maximum absolute atomic E-state index is 12.8. The van der Waals surface area contributed by atoms with Gasteiger partial charge in [-0.05, 0) is 51.4 Å². The van der Waals surface area contributed by atoms with Crippen LogP contribution in [-0.2, 0) is 23.7 Å². The van der Waals surface area contributed by atoms with Gasteiger partial charge in [-0.25, -0.2) is 0 Å². The number of esters is 1. The van der Waals surface area contributed by atoms with Crippen LogP contribution in [0.5, 0.6) is 0 Å². The molecule has 62 heavy (non-hydrogen) atoms. The number of aliphatic hydroxyl groups excluding tert-OH is 4. The fraction of sp³-hybridized carbons (Fsp3) is 0.868. The topological polar surface area (TPSA) is 135 Å². The Morgan fingerprint density at radius 2 is 0.935 bits per heavy atom. The van der Waals surface area contributed by atoms with Crippen molar-refractivity contribution in [2.75, 3.05) is 26.4 Å². The minimum Gasteiger partial charge on any atom is -0.457 e. The van der Waals surface area contributed by atoms with Crippen molar-refractivity contribution in [3.63, 3.8) is 0 Å². The zero-order valence-corrected chi connectivity index (χ0v) is 40.1. The minimum atomic E-state index is -1.54. The number of carbonyl (C=O) groups excluding carboxylic acids is 1.